The molecule has 0 spiro atoms. The summed E-state index contributed by atoms with van der Waals surface area (Å²) in [6, 6.07) is 12.0. The van der Waals surface area contributed by atoms with Crippen molar-refractivity contribution < 1.29 is 32.5 Å². The lowest BCUT2D eigenvalue weighted by atomic mass is 9.90. The number of aliphatic carboxylic acids is 1. The monoisotopic (exact) mass is 628 g/mol. The van der Waals surface area contributed by atoms with Crippen molar-refractivity contribution in [3.63, 3.8) is 0 Å². The lowest BCUT2D eigenvalue weighted by Crippen LogP contribution is -2.10. The van der Waals surface area contributed by atoms with Gasteiger partial charge in [0.1, 0.15) is 28.9 Å². The molecule has 1 unspecified atom stereocenters. The Morgan fingerprint density at radius 3 is 2.87 bits per heavy atom. The SMILES string of the molecule is O=C(O)CCc1cccc(C2CCOCc3cn(nn3)Cc3c(c(F)cc4[nH]ccc34)Oc3ccc(F)c(c3)-c3ncc2[nH]3)c1F. The predicted molar refractivity (Wildman–Crippen MR) is 160 cm³/mol. The highest BCUT2D eigenvalue weighted by Crippen LogP contribution is 2.37. The molecule has 3 aromatic heterocycles. The number of carboxylic acids is 1. The van der Waals surface area contributed by atoms with Gasteiger partial charge in [0.2, 0.25) is 0 Å². The first-order valence-electron chi connectivity index (χ1n) is 14.6. The van der Waals surface area contributed by atoms with Crippen molar-refractivity contribution in [1.29, 1.82) is 0 Å². The van der Waals surface area contributed by atoms with Crippen LogP contribution in [0, 0.1) is 17.5 Å². The number of imidazole rings is 1. The van der Waals surface area contributed by atoms with Gasteiger partial charge in [-0.25, -0.2) is 22.8 Å². The van der Waals surface area contributed by atoms with E-state index in [0.717, 1.165) is 5.39 Å². The third kappa shape index (κ3) is 5.72. The van der Waals surface area contributed by atoms with Gasteiger partial charge in [0.15, 0.2) is 11.6 Å². The van der Waals surface area contributed by atoms with Crippen molar-refractivity contribution >= 4 is 16.9 Å². The van der Waals surface area contributed by atoms with Gasteiger partial charge in [0, 0.05) is 59.6 Å². The molecule has 0 saturated heterocycles. The fourth-order valence-corrected chi connectivity index (χ4v) is 5.81. The Balaban J connectivity index is 1.32. The quantitative estimate of drug-likeness (QED) is 0.204. The number of benzene rings is 3. The number of rotatable bonds is 4. The first-order chi connectivity index (χ1) is 22.3. The number of H-pyrrole nitrogens is 2. The molecule has 7 rings (SSSR count). The van der Waals surface area contributed by atoms with Gasteiger partial charge < -0.3 is 24.5 Å². The molecule has 3 N–H and O–H groups in total. The molecule has 10 nitrogen and oxygen atoms in total. The second-order valence-electron chi connectivity index (χ2n) is 11.1. The molecule has 1 atom stereocenters. The van der Waals surface area contributed by atoms with Crippen LogP contribution in [0.4, 0.5) is 13.2 Å². The average molecular weight is 629 g/mol. The molecule has 0 radical (unpaired) electrons. The Morgan fingerprint density at radius 2 is 2.00 bits per heavy atom. The second-order valence-corrected chi connectivity index (χ2v) is 11.1. The number of aromatic nitrogens is 6. The molecule has 46 heavy (non-hydrogen) atoms. The van der Waals surface area contributed by atoms with E-state index in [1.807, 2.05) is 6.07 Å². The number of halogens is 3. The van der Waals surface area contributed by atoms with Crippen molar-refractivity contribution in [2.75, 3.05) is 6.61 Å². The number of fused-ring (bicyclic) bond motifs is 10. The number of hydrogen-bond acceptors (Lipinski definition) is 6. The fourth-order valence-electron chi connectivity index (χ4n) is 5.81. The molecular formula is C33H27F3N6O4. The first kappa shape index (κ1) is 29.3. The number of carbonyl (C=O) groups is 1. The summed E-state index contributed by atoms with van der Waals surface area (Å²) >= 11 is 0. The summed E-state index contributed by atoms with van der Waals surface area (Å²) in [6.07, 6.45) is 5.03. The highest BCUT2D eigenvalue weighted by atomic mass is 19.1. The minimum Gasteiger partial charge on any atom is -0.481 e. The largest absolute Gasteiger partial charge is 0.481 e. The van der Waals surface area contributed by atoms with Crippen LogP contribution in [0.5, 0.6) is 11.5 Å². The predicted octanol–water partition coefficient (Wildman–Crippen LogP) is 6.48. The highest BCUT2D eigenvalue weighted by Gasteiger charge is 2.24. The number of aryl methyl sites for hydroxylation is 1. The van der Waals surface area contributed by atoms with E-state index < -0.39 is 29.3 Å². The zero-order chi connectivity index (χ0) is 31.8. The van der Waals surface area contributed by atoms with Gasteiger partial charge in [-0.1, -0.05) is 23.4 Å². The molecule has 1 aliphatic heterocycles. The summed E-state index contributed by atoms with van der Waals surface area (Å²) in [4.78, 5) is 21.7. The Bertz CT molecular complexity index is 2070. The van der Waals surface area contributed by atoms with Crippen molar-refractivity contribution in [3.8, 4) is 22.9 Å². The molecule has 0 aliphatic carbocycles. The van der Waals surface area contributed by atoms with Crippen LogP contribution in [0.15, 0.2) is 67.1 Å². The highest BCUT2D eigenvalue weighted by molar-refractivity contribution is 5.85. The summed E-state index contributed by atoms with van der Waals surface area (Å²) in [5, 5.41) is 18.2. The Labute approximate surface area is 259 Å². The van der Waals surface area contributed by atoms with Crippen molar-refractivity contribution in [2.24, 2.45) is 0 Å². The second kappa shape index (κ2) is 12.2. The Kier molecular flexibility index (Phi) is 7.74. The van der Waals surface area contributed by atoms with Crippen LogP contribution in [-0.2, 0) is 29.1 Å². The van der Waals surface area contributed by atoms with Crippen LogP contribution < -0.4 is 4.74 Å². The van der Waals surface area contributed by atoms with E-state index in [-0.39, 0.29) is 61.1 Å². The van der Waals surface area contributed by atoms with Crippen LogP contribution in [0.3, 0.4) is 0 Å². The molecule has 1 aliphatic rings. The average Bonchev–Trinajstić information content (AvgIpc) is 3.81. The van der Waals surface area contributed by atoms with E-state index in [0.29, 0.717) is 34.5 Å². The maximum Gasteiger partial charge on any atom is 0.303 e. The van der Waals surface area contributed by atoms with E-state index in [2.05, 4.69) is 25.3 Å². The molecule has 3 aromatic carbocycles. The molecule has 6 aromatic rings. The van der Waals surface area contributed by atoms with Gasteiger partial charge in [-0.05, 0) is 48.2 Å². The molecule has 4 heterocycles. The van der Waals surface area contributed by atoms with Gasteiger partial charge in [-0.3, -0.25) is 4.79 Å². The van der Waals surface area contributed by atoms with Gasteiger partial charge in [0.25, 0.3) is 0 Å². The van der Waals surface area contributed by atoms with Crippen LogP contribution in [0.25, 0.3) is 22.3 Å². The number of carboxylic acid groups (broad SMARTS) is 1. The number of aromatic amines is 2. The number of hydrogen-bond donors (Lipinski definition) is 3. The van der Waals surface area contributed by atoms with Crippen LogP contribution in [-0.4, -0.2) is 47.6 Å². The Morgan fingerprint density at radius 1 is 1.11 bits per heavy atom. The van der Waals surface area contributed by atoms with Crippen molar-refractivity contribution in [1.82, 2.24) is 29.9 Å². The molecule has 0 amide bonds. The maximum atomic E-state index is 15.8. The van der Waals surface area contributed by atoms with Crippen molar-refractivity contribution in [3.05, 3.63) is 113 Å². The standard InChI is InChI=1S/C33H27F3N6O4/c34-26-6-5-20-12-24(26)33-38-14-29(39-33)22(23-3-1-2-18(31(23)36)4-7-30(43)44)9-11-45-17-19-15-42(41-40-19)16-25-21-8-10-37-28(21)13-27(35)32(25)46-20/h1-3,5-6,8,10,12-15,22,37H,4,7,9,11,16-17H2,(H,38,39)(H,43,44). The van der Waals surface area contributed by atoms with Crippen LogP contribution in [0.1, 0.15) is 46.8 Å². The van der Waals surface area contributed by atoms with Crippen LogP contribution in [0.2, 0.25) is 0 Å². The summed E-state index contributed by atoms with van der Waals surface area (Å²) in [5.74, 6) is -3.06. The van der Waals surface area contributed by atoms with E-state index >= 15 is 13.2 Å². The smallest absolute Gasteiger partial charge is 0.303 e. The molecule has 0 fully saturated rings. The third-order valence-electron chi connectivity index (χ3n) is 8.05. The molecule has 0 saturated carbocycles. The molecule has 234 valence electrons. The van der Waals surface area contributed by atoms with Gasteiger partial charge in [-0.2, -0.15) is 0 Å². The summed E-state index contributed by atoms with van der Waals surface area (Å²) in [7, 11) is 0. The fraction of sp³-hybridized carbons (Fsp3) is 0.212. The minimum atomic E-state index is -1.03. The molecule has 13 heteroatoms. The third-order valence-corrected chi connectivity index (χ3v) is 8.05. The van der Waals surface area contributed by atoms with E-state index in [4.69, 9.17) is 14.6 Å². The molecule has 6 bridgehead atoms. The zero-order valence-electron chi connectivity index (χ0n) is 24.3. The lowest BCUT2D eigenvalue weighted by molar-refractivity contribution is -0.136. The summed E-state index contributed by atoms with van der Waals surface area (Å²) in [6.45, 7) is 0.438. The van der Waals surface area contributed by atoms with E-state index in [1.54, 1.807) is 35.3 Å². The summed E-state index contributed by atoms with van der Waals surface area (Å²) < 4.78 is 60.1. The number of nitrogens with one attached hydrogen (secondary N) is 2. The minimum absolute atomic E-state index is 0.0272. The maximum absolute atomic E-state index is 15.8. The van der Waals surface area contributed by atoms with E-state index in [9.17, 15) is 4.79 Å². The Hall–Kier alpha value is -5.43. The normalized spacial score (nSPS) is 15.2. The van der Waals surface area contributed by atoms with Gasteiger partial charge in [-0.15, -0.1) is 5.10 Å². The van der Waals surface area contributed by atoms with Crippen molar-refractivity contribution in [2.45, 2.75) is 38.3 Å². The van der Waals surface area contributed by atoms with E-state index in [1.165, 1.54) is 30.5 Å². The zero-order valence-corrected chi connectivity index (χ0v) is 24.3. The number of nitrogens with zero attached hydrogens (tertiary/aromatic N) is 4. The van der Waals surface area contributed by atoms with Crippen LogP contribution >= 0.6 is 0 Å². The lowest BCUT2D eigenvalue weighted by Gasteiger charge is -2.18. The summed E-state index contributed by atoms with van der Waals surface area (Å²) in [5.41, 5.74) is 2.79. The van der Waals surface area contributed by atoms with Gasteiger partial charge in [0.05, 0.1) is 24.9 Å². The number of ether oxygens (including phenoxy) is 2. The van der Waals surface area contributed by atoms with Gasteiger partial charge >= 0.3 is 5.97 Å². The molecular weight excluding hydrogens is 601 g/mol. The first-order valence-corrected chi connectivity index (χ1v) is 14.6. The topological polar surface area (TPSA) is 131 Å².